The van der Waals surface area contributed by atoms with E-state index < -0.39 is 29.2 Å². The number of halogens is 4. The Morgan fingerprint density at radius 2 is 1.53 bits per heavy atom. The third-order valence-electron chi connectivity index (χ3n) is 1.39. The molecule has 1 N–H and O–H groups in total. The van der Waals surface area contributed by atoms with Gasteiger partial charge >= 0.3 is 0 Å². The number of hydrogen-bond acceptors (Lipinski definition) is 3. The van der Waals surface area contributed by atoms with Crippen molar-refractivity contribution in [2.45, 2.75) is 13.8 Å². The second kappa shape index (κ2) is 4.24. The highest BCUT2D eigenvalue weighted by atomic mass is 19.2. The SMILES string of the molecule is CC(C)=NNc1c(F)c(F)nc(F)c1F. The van der Waals surface area contributed by atoms with Gasteiger partial charge in [0.05, 0.1) is 0 Å². The largest absolute Gasteiger partial charge is 0.272 e. The molecular weight excluding hydrogens is 214 g/mol. The fraction of sp³-hybridized carbons (Fsp3) is 0.250. The Labute approximate surface area is 82.8 Å². The number of nitrogens with zero attached hydrogens (tertiary/aromatic N) is 2. The Hall–Kier alpha value is -1.66. The van der Waals surface area contributed by atoms with Gasteiger partial charge in [-0.3, -0.25) is 5.43 Å². The predicted molar refractivity (Wildman–Crippen MR) is 46.5 cm³/mol. The summed E-state index contributed by atoms with van der Waals surface area (Å²) in [5, 5.41) is 3.42. The number of aromatic nitrogens is 1. The summed E-state index contributed by atoms with van der Waals surface area (Å²) in [7, 11) is 0. The van der Waals surface area contributed by atoms with Crippen LogP contribution in [0, 0.1) is 23.5 Å². The van der Waals surface area contributed by atoms with Crippen molar-refractivity contribution in [1.29, 1.82) is 0 Å². The normalized spacial score (nSPS) is 10.0. The third kappa shape index (κ3) is 2.42. The highest BCUT2D eigenvalue weighted by molar-refractivity contribution is 5.79. The zero-order chi connectivity index (χ0) is 11.6. The molecular formula is C8H7F4N3. The number of nitrogens with one attached hydrogen (secondary N) is 1. The highest BCUT2D eigenvalue weighted by Gasteiger charge is 2.20. The van der Waals surface area contributed by atoms with Crippen LogP contribution < -0.4 is 5.43 Å². The second-order valence-corrected chi connectivity index (χ2v) is 2.87. The van der Waals surface area contributed by atoms with Crippen LogP contribution >= 0.6 is 0 Å². The lowest BCUT2D eigenvalue weighted by atomic mass is 10.3. The van der Waals surface area contributed by atoms with Crippen molar-refractivity contribution < 1.29 is 17.6 Å². The van der Waals surface area contributed by atoms with E-state index >= 15 is 0 Å². The first kappa shape index (κ1) is 11.4. The minimum atomic E-state index is -1.72. The van der Waals surface area contributed by atoms with E-state index in [0.29, 0.717) is 5.71 Å². The van der Waals surface area contributed by atoms with Gasteiger partial charge in [0, 0.05) is 5.71 Å². The van der Waals surface area contributed by atoms with E-state index in [4.69, 9.17) is 0 Å². The molecule has 0 aliphatic rings. The van der Waals surface area contributed by atoms with Gasteiger partial charge < -0.3 is 0 Å². The van der Waals surface area contributed by atoms with E-state index in [1.807, 2.05) is 5.43 Å². The van der Waals surface area contributed by atoms with Crippen LogP contribution in [0.15, 0.2) is 5.10 Å². The molecule has 15 heavy (non-hydrogen) atoms. The van der Waals surface area contributed by atoms with E-state index in [1.165, 1.54) is 13.8 Å². The monoisotopic (exact) mass is 221 g/mol. The molecule has 1 aromatic rings. The number of anilines is 1. The number of hydrogen-bond donors (Lipinski definition) is 1. The summed E-state index contributed by atoms with van der Waals surface area (Å²) in [5.41, 5.74) is 1.32. The Bertz CT molecular complexity index is 387. The van der Waals surface area contributed by atoms with Gasteiger partial charge in [-0.25, -0.2) is 0 Å². The fourth-order valence-electron chi connectivity index (χ4n) is 0.753. The number of rotatable bonds is 2. The van der Waals surface area contributed by atoms with Gasteiger partial charge in [-0.05, 0) is 13.8 Å². The molecule has 0 spiro atoms. The van der Waals surface area contributed by atoms with Crippen LogP contribution in [0.2, 0.25) is 0 Å². The van der Waals surface area contributed by atoms with E-state index in [2.05, 4.69) is 10.1 Å². The van der Waals surface area contributed by atoms with Crippen molar-refractivity contribution in [2.75, 3.05) is 5.43 Å². The molecule has 0 unspecified atom stereocenters. The van der Waals surface area contributed by atoms with Crippen LogP contribution in [0.1, 0.15) is 13.8 Å². The molecule has 3 nitrogen and oxygen atoms in total. The third-order valence-corrected chi connectivity index (χ3v) is 1.39. The average Bonchev–Trinajstić information content (AvgIpc) is 2.14. The lowest BCUT2D eigenvalue weighted by Crippen LogP contribution is -2.06. The van der Waals surface area contributed by atoms with Crippen LogP contribution in [-0.2, 0) is 0 Å². The second-order valence-electron chi connectivity index (χ2n) is 2.87. The molecule has 0 aliphatic heterocycles. The summed E-state index contributed by atoms with van der Waals surface area (Å²) < 4.78 is 51.0. The molecule has 0 aliphatic carbocycles. The fourth-order valence-corrected chi connectivity index (χ4v) is 0.753. The predicted octanol–water partition coefficient (Wildman–Crippen LogP) is 2.45. The zero-order valence-corrected chi connectivity index (χ0v) is 7.91. The van der Waals surface area contributed by atoms with E-state index in [1.54, 1.807) is 0 Å². The van der Waals surface area contributed by atoms with Crippen LogP contribution in [-0.4, -0.2) is 10.7 Å². The van der Waals surface area contributed by atoms with Gasteiger partial charge in [-0.2, -0.15) is 27.6 Å². The van der Waals surface area contributed by atoms with Crippen LogP contribution in [0.4, 0.5) is 23.2 Å². The maximum atomic E-state index is 12.9. The molecule has 1 heterocycles. The molecule has 82 valence electrons. The van der Waals surface area contributed by atoms with Gasteiger partial charge in [0.15, 0.2) is 0 Å². The minimum absolute atomic E-state index is 0.437. The molecule has 0 fully saturated rings. The smallest absolute Gasteiger partial charge is 0.254 e. The Morgan fingerprint density at radius 1 is 1.07 bits per heavy atom. The summed E-state index contributed by atoms with van der Waals surface area (Å²) in [4.78, 5) is 2.39. The summed E-state index contributed by atoms with van der Waals surface area (Å²) in [5.74, 6) is -6.67. The molecule has 0 aromatic carbocycles. The van der Waals surface area contributed by atoms with Crippen molar-refractivity contribution in [3.05, 3.63) is 23.5 Å². The van der Waals surface area contributed by atoms with Gasteiger partial charge in [0.1, 0.15) is 5.69 Å². The molecule has 0 atom stereocenters. The minimum Gasteiger partial charge on any atom is -0.272 e. The molecule has 0 saturated heterocycles. The highest BCUT2D eigenvalue weighted by Crippen LogP contribution is 2.21. The first-order valence-electron chi connectivity index (χ1n) is 3.90. The van der Waals surface area contributed by atoms with Crippen LogP contribution in [0.5, 0.6) is 0 Å². The number of hydrazone groups is 1. The van der Waals surface area contributed by atoms with Crippen molar-refractivity contribution in [3.8, 4) is 0 Å². The molecule has 0 amide bonds. The summed E-state index contributed by atoms with van der Waals surface area (Å²) >= 11 is 0. The van der Waals surface area contributed by atoms with E-state index in [9.17, 15) is 17.6 Å². The van der Waals surface area contributed by atoms with Crippen molar-refractivity contribution >= 4 is 11.4 Å². The Balaban J connectivity index is 3.21. The van der Waals surface area contributed by atoms with Crippen molar-refractivity contribution in [2.24, 2.45) is 5.10 Å². The zero-order valence-electron chi connectivity index (χ0n) is 7.91. The van der Waals surface area contributed by atoms with E-state index in [-0.39, 0.29) is 0 Å². The molecule has 0 saturated carbocycles. The topological polar surface area (TPSA) is 37.3 Å². The lowest BCUT2D eigenvalue weighted by Gasteiger charge is -2.05. The Kier molecular flexibility index (Phi) is 3.23. The van der Waals surface area contributed by atoms with Gasteiger partial charge in [-0.1, -0.05) is 0 Å². The van der Waals surface area contributed by atoms with Crippen LogP contribution in [0.3, 0.4) is 0 Å². The molecule has 1 rings (SSSR count). The maximum Gasteiger partial charge on any atom is 0.254 e. The summed E-state index contributed by atoms with van der Waals surface area (Å²) in [6, 6.07) is 0. The maximum absolute atomic E-state index is 12.9. The van der Waals surface area contributed by atoms with Crippen LogP contribution in [0.25, 0.3) is 0 Å². The van der Waals surface area contributed by atoms with Gasteiger partial charge in [0.25, 0.3) is 11.9 Å². The van der Waals surface area contributed by atoms with Crippen molar-refractivity contribution in [3.63, 3.8) is 0 Å². The van der Waals surface area contributed by atoms with Crippen molar-refractivity contribution in [1.82, 2.24) is 4.98 Å². The molecule has 0 radical (unpaired) electrons. The summed E-state index contributed by atoms with van der Waals surface area (Å²) in [6.07, 6.45) is 0. The Morgan fingerprint density at radius 3 is 1.93 bits per heavy atom. The standard InChI is InChI=1S/C8H7F4N3/c1-3(2)14-15-6-4(9)7(11)13-8(12)5(6)10/h1-2H3,(H,13,15). The molecule has 7 heteroatoms. The first-order chi connectivity index (χ1) is 6.93. The molecule has 1 aromatic heterocycles. The average molecular weight is 221 g/mol. The van der Waals surface area contributed by atoms with Gasteiger partial charge in [-0.15, -0.1) is 0 Å². The van der Waals surface area contributed by atoms with E-state index in [0.717, 1.165) is 0 Å². The molecule has 0 bridgehead atoms. The quantitative estimate of drug-likeness (QED) is 0.360. The lowest BCUT2D eigenvalue weighted by molar-refractivity contribution is 0.411. The van der Waals surface area contributed by atoms with Gasteiger partial charge in [0.2, 0.25) is 11.6 Å². The number of pyridine rings is 1. The first-order valence-corrected chi connectivity index (χ1v) is 3.90. The summed E-state index contributed by atoms with van der Waals surface area (Å²) in [6.45, 7) is 3.08.